The molecule has 0 spiro atoms. The predicted octanol–water partition coefficient (Wildman–Crippen LogP) is 1.50. The fraction of sp³-hybridized carbons (Fsp3) is 0. The van der Waals surface area contributed by atoms with Gasteiger partial charge in [-0.05, 0) is 24.3 Å². The fourth-order valence-electron chi connectivity index (χ4n) is 1.95. The van der Waals surface area contributed by atoms with Crippen LogP contribution in [0.15, 0.2) is 48.9 Å². The number of hydrogen-bond donors (Lipinski definition) is 1. The number of aromatic nitrogens is 3. The monoisotopic (exact) mass is 238 g/mol. The molecule has 5 nitrogen and oxygen atoms in total. The first-order valence-electron chi connectivity index (χ1n) is 5.45. The smallest absolute Gasteiger partial charge is 0.253 e. The molecule has 0 atom stereocenters. The zero-order valence-electron chi connectivity index (χ0n) is 9.45. The Morgan fingerprint density at radius 1 is 1.22 bits per heavy atom. The Kier molecular flexibility index (Phi) is 2.30. The molecule has 0 aromatic carbocycles. The third kappa shape index (κ3) is 1.53. The van der Waals surface area contributed by atoms with Crippen LogP contribution in [0.1, 0.15) is 10.4 Å². The number of nitrogens with two attached hydrogens (primary N) is 1. The van der Waals surface area contributed by atoms with Crippen molar-refractivity contribution >= 4 is 11.4 Å². The van der Waals surface area contributed by atoms with Gasteiger partial charge in [-0.2, -0.15) is 5.10 Å². The summed E-state index contributed by atoms with van der Waals surface area (Å²) in [7, 11) is 0. The van der Waals surface area contributed by atoms with Crippen LogP contribution in [0.3, 0.4) is 0 Å². The van der Waals surface area contributed by atoms with E-state index in [1.165, 1.54) is 0 Å². The van der Waals surface area contributed by atoms with Gasteiger partial charge in [0.1, 0.15) is 5.69 Å². The largest absolute Gasteiger partial charge is 0.365 e. The molecule has 3 rings (SSSR count). The van der Waals surface area contributed by atoms with Crippen LogP contribution in [0.5, 0.6) is 0 Å². The molecule has 0 radical (unpaired) electrons. The summed E-state index contributed by atoms with van der Waals surface area (Å²) < 4.78 is 1.64. The lowest BCUT2D eigenvalue weighted by Crippen LogP contribution is -2.11. The summed E-state index contributed by atoms with van der Waals surface area (Å²) in [6.07, 6.45) is 5.11. The van der Waals surface area contributed by atoms with Gasteiger partial charge < -0.3 is 5.73 Å². The minimum atomic E-state index is -0.491. The van der Waals surface area contributed by atoms with Crippen molar-refractivity contribution < 1.29 is 4.79 Å². The number of primary amides is 1. The Labute approximate surface area is 103 Å². The van der Waals surface area contributed by atoms with E-state index in [1.807, 2.05) is 24.3 Å². The molecular weight excluding hydrogens is 228 g/mol. The van der Waals surface area contributed by atoms with Gasteiger partial charge in [-0.15, -0.1) is 0 Å². The number of amides is 1. The Hall–Kier alpha value is -2.69. The quantitative estimate of drug-likeness (QED) is 0.735. The fourth-order valence-corrected chi connectivity index (χ4v) is 1.95. The lowest BCUT2D eigenvalue weighted by Gasteiger charge is -1.97. The second-order valence-electron chi connectivity index (χ2n) is 3.86. The summed E-state index contributed by atoms with van der Waals surface area (Å²) in [4.78, 5) is 15.6. The van der Waals surface area contributed by atoms with Crippen molar-refractivity contribution in [3.63, 3.8) is 0 Å². The average molecular weight is 238 g/mol. The van der Waals surface area contributed by atoms with E-state index < -0.39 is 5.91 Å². The van der Waals surface area contributed by atoms with Crippen LogP contribution in [0.4, 0.5) is 0 Å². The molecule has 0 aliphatic carbocycles. The SMILES string of the molecule is NC(=O)c1c(-c2cccnc2)nn2ccccc12. The van der Waals surface area contributed by atoms with Crippen LogP contribution in [0.25, 0.3) is 16.8 Å². The van der Waals surface area contributed by atoms with Crippen molar-refractivity contribution in [2.45, 2.75) is 0 Å². The molecule has 0 aliphatic heterocycles. The molecule has 18 heavy (non-hydrogen) atoms. The topological polar surface area (TPSA) is 73.3 Å². The third-order valence-corrected chi connectivity index (χ3v) is 2.72. The molecule has 3 aromatic heterocycles. The summed E-state index contributed by atoms with van der Waals surface area (Å²) in [5, 5.41) is 4.38. The van der Waals surface area contributed by atoms with E-state index in [4.69, 9.17) is 5.73 Å². The first kappa shape index (κ1) is 10.5. The molecule has 0 saturated heterocycles. The lowest BCUT2D eigenvalue weighted by atomic mass is 10.1. The molecule has 1 amide bonds. The van der Waals surface area contributed by atoms with Crippen molar-refractivity contribution in [1.82, 2.24) is 14.6 Å². The van der Waals surface area contributed by atoms with E-state index >= 15 is 0 Å². The van der Waals surface area contributed by atoms with Gasteiger partial charge in [-0.1, -0.05) is 6.07 Å². The first-order chi connectivity index (χ1) is 8.77. The van der Waals surface area contributed by atoms with Crippen LogP contribution >= 0.6 is 0 Å². The minimum Gasteiger partial charge on any atom is -0.365 e. The number of rotatable bonds is 2. The van der Waals surface area contributed by atoms with Gasteiger partial charge in [0.15, 0.2) is 0 Å². The molecule has 0 bridgehead atoms. The summed E-state index contributed by atoms with van der Waals surface area (Å²) in [5.74, 6) is -0.491. The number of pyridine rings is 2. The highest BCUT2D eigenvalue weighted by Gasteiger charge is 2.18. The summed E-state index contributed by atoms with van der Waals surface area (Å²) in [5.41, 5.74) is 7.90. The number of fused-ring (bicyclic) bond motifs is 1. The average Bonchev–Trinajstić information content (AvgIpc) is 2.79. The Bertz CT molecular complexity index is 718. The Morgan fingerprint density at radius 3 is 2.83 bits per heavy atom. The molecule has 0 aliphatic rings. The van der Waals surface area contributed by atoms with Crippen molar-refractivity contribution in [3.05, 3.63) is 54.5 Å². The van der Waals surface area contributed by atoms with Crippen molar-refractivity contribution in [2.75, 3.05) is 0 Å². The van der Waals surface area contributed by atoms with Gasteiger partial charge in [0, 0.05) is 24.2 Å². The number of nitrogens with zero attached hydrogens (tertiary/aromatic N) is 3. The van der Waals surface area contributed by atoms with E-state index in [2.05, 4.69) is 10.1 Å². The van der Waals surface area contributed by atoms with E-state index in [0.717, 1.165) is 5.56 Å². The third-order valence-electron chi connectivity index (χ3n) is 2.72. The van der Waals surface area contributed by atoms with Gasteiger partial charge in [-0.3, -0.25) is 9.78 Å². The number of carbonyl (C=O) groups excluding carboxylic acids is 1. The van der Waals surface area contributed by atoms with Crippen molar-refractivity contribution in [3.8, 4) is 11.3 Å². The van der Waals surface area contributed by atoms with E-state index in [-0.39, 0.29) is 0 Å². The molecule has 3 aromatic rings. The second kappa shape index (κ2) is 3.96. The standard InChI is InChI=1S/C13H10N4O/c14-13(18)11-10-5-1-2-7-17(10)16-12(11)9-4-3-6-15-8-9/h1-8H,(H2,14,18). The molecule has 2 N–H and O–H groups in total. The Morgan fingerprint density at radius 2 is 2.11 bits per heavy atom. The van der Waals surface area contributed by atoms with Crippen LogP contribution < -0.4 is 5.73 Å². The maximum atomic E-state index is 11.6. The van der Waals surface area contributed by atoms with Gasteiger partial charge in [0.2, 0.25) is 0 Å². The zero-order chi connectivity index (χ0) is 12.5. The highest BCUT2D eigenvalue weighted by Crippen LogP contribution is 2.24. The molecule has 0 unspecified atom stereocenters. The number of hydrogen-bond acceptors (Lipinski definition) is 3. The molecular formula is C13H10N4O. The summed E-state index contributed by atoms with van der Waals surface area (Å²) in [6.45, 7) is 0. The van der Waals surface area contributed by atoms with E-state index in [0.29, 0.717) is 16.8 Å². The molecule has 5 heteroatoms. The number of carbonyl (C=O) groups is 1. The lowest BCUT2D eigenvalue weighted by molar-refractivity contribution is 0.100. The highest BCUT2D eigenvalue weighted by atomic mass is 16.1. The van der Waals surface area contributed by atoms with Gasteiger partial charge in [0.25, 0.3) is 5.91 Å². The molecule has 88 valence electrons. The second-order valence-corrected chi connectivity index (χ2v) is 3.86. The van der Waals surface area contributed by atoms with Gasteiger partial charge in [0.05, 0.1) is 11.1 Å². The van der Waals surface area contributed by atoms with Gasteiger partial charge >= 0.3 is 0 Å². The molecule has 3 heterocycles. The van der Waals surface area contributed by atoms with Crippen molar-refractivity contribution in [2.24, 2.45) is 5.73 Å². The van der Waals surface area contributed by atoms with E-state index in [1.54, 1.807) is 29.2 Å². The minimum absolute atomic E-state index is 0.420. The first-order valence-corrected chi connectivity index (χ1v) is 5.45. The van der Waals surface area contributed by atoms with Gasteiger partial charge in [-0.25, -0.2) is 4.52 Å². The maximum Gasteiger partial charge on any atom is 0.253 e. The molecule has 0 fully saturated rings. The van der Waals surface area contributed by atoms with Crippen LogP contribution in [0.2, 0.25) is 0 Å². The summed E-state index contributed by atoms with van der Waals surface area (Å²) >= 11 is 0. The van der Waals surface area contributed by atoms with E-state index in [9.17, 15) is 4.79 Å². The van der Waals surface area contributed by atoms with Crippen LogP contribution in [-0.4, -0.2) is 20.5 Å². The van der Waals surface area contributed by atoms with Crippen LogP contribution in [0, 0.1) is 0 Å². The Balaban J connectivity index is 2.36. The summed E-state index contributed by atoms with van der Waals surface area (Å²) in [6, 6.07) is 9.15. The predicted molar refractivity (Wildman–Crippen MR) is 66.9 cm³/mol. The normalized spacial score (nSPS) is 10.7. The molecule has 0 saturated carbocycles. The van der Waals surface area contributed by atoms with Crippen molar-refractivity contribution in [1.29, 1.82) is 0 Å². The van der Waals surface area contributed by atoms with Crippen LogP contribution in [-0.2, 0) is 0 Å². The zero-order valence-corrected chi connectivity index (χ0v) is 9.45. The maximum absolute atomic E-state index is 11.6. The highest BCUT2D eigenvalue weighted by molar-refractivity contribution is 6.05.